The van der Waals surface area contributed by atoms with Crippen LogP contribution in [0.2, 0.25) is 0 Å². The summed E-state index contributed by atoms with van der Waals surface area (Å²) in [5.74, 6) is -0.0175. The molecule has 0 aliphatic carbocycles. The minimum atomic E-state index is -3.38. The summed E-state index contributed by atoms with van der Waals surface area (Å²) in [7, 11) is -1.24. The molecule has 0 radical (unpaired) electrons. The molecule has 1 aromatic carbocycles. The molecule has 8 heteroatoms. The number of benzene rings is 1. The van der Waals surface area contributed by atoms with Gasteiger partial charge in [-0.15, -0.1) is 0 Å². The second-order valence-electron chi connectivity index (χ2n) is 7.63. The highest BCUT2D eigenvalue weighted by Gasteiger charge is 2.18. The van der Waals surface area contributed by atoms with Crippen LogP contribution in [0.25, 0.3) is 0 Å². The van der Waals surface area contributed by atoms with Crippen LogP contribution in [0.15, 0.2) is 24.3 Å². The van der Waals surface area contributed by atoms with Gasteiger partial charge in [-0.3, -0.25) is 9.10 Å². The number of anilines is 1. The van der Waals surface area contributed by atoms with Gasteiger partial charge in [0.2, 0.25) is 15.9 Å². The van der Waals surface area contributed by atoms with Gasteiger partial charge in [-0.1, -0.05) is 12.1 Å². The molecule has 158 valence electrons. The molecule has 28 heavy (non-hydrogen) atoms. The average Bonchev–Trinajstić information content (AvgIpc) is 2.63. The van der Waals surface area contributed by atoms with E-state index in [0.29, 0.717) is 31.6 Å². The van der Waals surface area contributed by atoms with Gasteiger partial charge in [0.1, 0.15) is 0 Å². The second kappa shape index (κ2) is 10.8. The summed E-state index contributed by atoms with van der Waals surface area (Å²) < 4.78 is 25.6. The first-order chi connectivity index (χ1) is 13.3. The topological polar surface area (TPSA) is 73.0 Å². The lowest BCUT2D eigenvalue weighted by Crippen LogP contribution is -2.45. The van der Waals surface area contributed by atoms with Crippen molar-refractivity contribution in [2.24, 2.45) is 0 Å². The van der Waals surface area contributed by atoms with Gasteiger partial charge in [-0.2, -0.15) is 0 Å². The predicted molar refractivity (Wildman–Crippen MR) is 114 cm³/mol. The molecule has 1 aliphatic heterocycles. The third kappa shape index (κ3) is 7.77. The average molecular weight is 411 g/mol. The molecule has 1 aliphatic rings. The number of carbonyl (C=O) groups is 1. The fourth-order valence-corrected chi connectivity index (χ4v) is 4.30. The van der Waals surface area contributed by atoms with Crippen molar-refractivity contribution >= 4 is 21.6 Å². The Morgan fingerprint density at radius 3 is 2.54 bits per heavy atom. The fourth-order valence-electron chi connectivity index (χ4n) is 3.34. The van der Waals surface area contributed by atoms with Crippen LogP contribution >= 0.6 is 0 Å². The summed E-state index contributed by atoms with van der Waals surface area (Å²) in [6, 6.07) is 7.40. The van der Waals surface area contributed by atoms with Crippen LogP contribution in [0.4, 0.5) is 5.69 Å². The molecule has 0 bridgehead atoms. The van der Waals surface area contributed by atoms with E-state index in [9.17, 15) is 13.2 Å². The van der Waals surface area contributed by atoms with Crippen molar-refractivity contribution < 1.29 is 13.2 Å². The molecule has 0 aromatic heterocycles. The molecule has 1 aromatic rings. The van der Waals surface area contributed by atoms with Gasteiger partial charge in [-0.05, 0) is 51.1 Å². The van der Waals surface area contributed by atoms with Gasteiger partial charge in [0.05, 0.1) is 11.9 Å². The lowest BCUT2D eigenvalue weighted by Gasteiger charge is -2.32. The Kier molecular flexibility index (Phi) is 8.72. The van der Waals surface area contributed by atoms with Crippen LogP contribution in [0.3, 0.4) is 0 Å². The van der Waals surface area contributed by atoms with Gasteiger partial charge in [-0.25, -0.2) is 8.42 Å². The highest BCUT2D eigenvalue weighted by molar-refractivity contribution is 7.92. The third-order valence-electron chi connectivity index (χ3n) is 5.02. The number of piperazine rings is 1. The van der Waals surface area contributed by atoms with Crippen molar-refractivity contribution in [1.29, 1.82) is 0 Å². The first-order valence-corrected chi connectivity index (χ1v) is 11.8. The van der Waals surface area contributed by atoms with Crippen LogP contribution < -0.4 is 9.62 Å². The summed E-state index contributed by atoms with van der Waals surface area (Å²) in [4.78, 5) is 16.8. The molecule has 1 heterocycles. The van der Waals surface area contributed by atoms with Crippen molar-refractivity contribution in [3.05, 3.63) is 29.8 Å². The van der Waals surface area contributed by atoms with E-state index in [-0.39, 0.29) is 5.91 Å². The van der Waals surface area contributed by atoms with Crippen LogP contribution in [0, 0.1) is 6.92 Å². The van der Waals surface area contributed by atoms with Crippen LogP contribution in [0.1, 0.15) is 24.8 Å². The third-order valence-corrected chi connectivity index (χ3v) is 6.22. The largest absolute Gasteiger partial charge is 0.356 e. The number of nitrogens with zero attached hydrogens (tertiary/aromatic N) is 3. The lowest BCUT2D eigenvalue weighted by molar-refractivity contribution is -0.121. The first kappa shape index (κ1) is 22.6. The molecular weight excluding hydrogens is 376 g/mol. The van der Waals surface area contributed by atoms with E-state index in [4.69, 9.17) is 0 Å². The zero-order chi connectivity index (χ0) is 20.6. The molecule has 1 saturated heterocycles. The number of hydrogen-bond donors (Lipinski definition) is 1. The zero-order valence-corrected chi connectivity index (χ0v) is 18.2. The summed E-state index contributed by atoms with van der Waals surface area (Å²) in [6.45, 7) is 8.28. The van der Waals surface area contributed by atoms with E-state index in [0.717, 1.165) is 44.7 Å². The quantitative estimate of drug-likeness (QED) is 0.589. The number of rotatable bonds is 10. The van der Waals surface area contributed by atoms with Crippen molar-refractivity contribution in [2.45, 2.75) is 26.2 Å². The SMILES string of the molecule is Cc1cccc(N(CCCC(=O)NCCCN2CCN(C)CC2)S(C)(=O)=O)c1. The van der Waals surface area contributed by atoms with Crippen molar-refractivity contribution in [3.63, 3.8) is 0 Å². The Morgan fingerprint density at radius 2 is 1.89 bits per heavy atom. The number of carbonyl (C=O) groups excluding carboxylic acids is 1. The number of likely N-dealkylation sites (N-methyl/N-ethyl adjacent to an activating group) is 1. The van der Waals surface area contributed by atoms with Crippen LogP contribution in [0.5, 0.6) is 0 Å². The lowest BCUT2D eigenvalue weighted by atomic mass is 10.2. The molecule has 1 amide bonds. The smallest absolute Gasteiger partial charge is 0.232 e. The predicted octanol–water partition coefficient (Wildman–Crippen LogP) is 1.29. The second-order valence-corrected chi connectivity index (χ2v) is 9.53. The maximum Gasteiger partial charge on any atom is 0.232 e. The molecule has 0 unspecified atom stereocenters. The van der Waals surface area contributed by atoms with E-state index in [1.165, 1.54) is 10.6 Å². The number of sulfonamides is 1. The van der Waals surface area contributed by atoms with Crippen LogP contribution in [-0.4, -0.2) is 83.2 Å². The molecule has 1 N–H and O–H groups in total. The van der Waals surface area contributed by atoms with E-state index >= 15 is 0 Å². The molecule has 7 nitrogen and oxygen atoms in total. The van der Waals surface area contributed by atoms with E-state index in [2.05, 4.69) is 22.2 Å². The highest BCUT2D eigenvalue weighted by Crippen LogP contribution is 2.19. The fraction of sp³-hybridized carbons (Fsp3) is 0.650. The molecule has 0 atom stereocenters. The standard InChI is InChI=1S/C20H34N4O3S/c1-18-7-4-8-19(17-18)24(28(3,26)27)12-5-9-20(25)21-10-6-11-23-15-13-22(2)14-16-23/h4,7-8,17H,5-6,9-16H2,1-3H3,(H,21,25). The van der Waals surface area contributed by atoms with Crippen molar-refractivity contribution in [2.75, 3.05) is 63.4 Å². The van der Waals surface area contributed by atoms with E-state index in [1.54, 1.807) is 6.07 Å². The number of nitrogens with one attached hydrogen (secondary N) is 1. The highest BCUT2D eigenvalue weighted by atomic mass is 32.2. The molecule has 1 fully saturated rings. The monoisotopic (exact) mass is 410 g/mol. The summed E-state index contributed by atoms with van der Waals surface area (Å²) in [6.07, 6.45) is 2.96. The van der Waals surface area contributed by atoms with Gasteiger partial charge >= 0.3 is 0 Å². The molecule has 0 spiro atoms. The normalized spacial score (nSPS) is 16.1. The number of aryl methyl sites for hydroxylation is 1. The number of amides is 1. The van der Waals surface area contributed by atoms with E-state index < -0.39 is 10.0 Å². The summed E-state index contributed by atoms with van der Waals surface area (Å²) in [5.41, 5.74) is 1.65. The minimum Gasteiger partial charge on any atom is -0.356 e. The van der Waals surface area contributed by atoms with E-state index in [1.807, 2.05) is 25.1 Å². The van der Waals surface area contributed by atoms with Gasteiger partial charge < -0.3 is 15.1 Å². The Labute approximate surface area is 169 Å². The Morgan fingerprint density at radius 1 is 1.18 bits per heavy atom. The summed E-state index contributed by atoms with van der Waals surface area (Å²) in [5, 5.41) is 2.95. The Bertz CT molecular complexity index is 731. The molecule has 2 rings (SSSR count). The first-order valence-electron chi connectivity index (χ1n) is 9.97. The van der Waals surface area contributed by atoms with Crippen molar-refractivity contribution in [1.82, 2.24) is 15.1 Å². The molecular formula is C20H34N4O3S. The van der Waals surface area contributed by atoms with Gasteiger partial charge in [0.15, 0.2) is 0 Å². The maximum absolute atomic E-state index is 12.1. The van der Waals surface area contributed by atoms with Gasteiger partial charge in [0.25, 0.3) is 0 Å². The Balaban J connectivity index is 1.68. The van der Waals surface area contributed by atoms with Crippen LogP contribution in [-0.2, 0) is 14.8 Å². The van der Waals surface area contributed by atoms with Crippen molar-refractivity contribution in [3.8, 4) is 0 Å². The Hall–Kier alpha value is -1.64. The maximum atomic E-state index is 12.1. The minimum absolute atomic E-state index is 0.0175. The molecule has 0 saturated carbocycles. The zero-order valence-electron chi connectivity index (χ0n) is 17.4. The summed E-state index contributed by atoms with van der Waals surface area (Å²) >= 11 is 0. The number of hydrogen-bond acceptors (Lipinski definition) is 5. The van der Waals surface area contributed by atoms with Gasteiger partial charge in [0, 0.05) is 45.7 Å².